The van der Waals surface area contributed by atoms with Gasteiger partial charge in [-0.1, -0.05) is 24.3 Å². The number of carbonyl (C=O) groups is 1. The monoisotopic (exact) mass is 520 g/mol. The Kier molecular flexibility index (Phi) is 6.78. The van der Waals surface area contributed by atoms with E-state index in [1.807, 2.05) is 49.0 Å². The quantitative estimate of drug-likeness (QED) is 0.538. The minimum atomic E-state index is -3.70. The van der Waals surface area contributed by atoms with Gasteiger partial charge in [-0.2, -0.15) is 4.31 Å². The summed E-state index contributed by atoms with van der Waals surface area (Å²) in [6.45, 7) is 3.36. The number of benzene rings is 2. The summed E-state index contributed by atoms with van der Waals surface area (Å²) in [6.07, 6.45) is 0.865. The van der Waals surface area contributed by atoms with E-state index in [1.54, 1.807) is 16.4 Å². The van der Waals surface area contributed by atoms with Crippen LogP contribution in [0.2, 0.25) is 0 Å². The van der Waals surface area contributed by atoms with Crippen molar-refractivity contribution in [2.24, 2.45) is 5.92 Å². The van der Waals surface area contributed by atoms with Crippen LogP contribution in [0.1, 0.15) is 30.5 Å². The van der Waals surface area contributed by atoms with Gasteiger partial charge in [-0.3, -0.25) is 9.59 Å². The van der Waals surface area contributed by atoms with Crippen LogP contribution in [0.4, 0.5) is 5.69 Å². The first-order chi connectivity index (χ1) is 17.6. The number of aromatic nitrogens is 1. The Hall–Kier alpha value is -3.27. The average Bonchev–Trinajstić information content (AvgIpc) is 2.85. The first kappa shape index (κ1) is 25.4. The van der Waals surface area contributed by atoms with Crippen LogP contribution in [0.15, 0.2) is 70.4 Å². The molecule has 2 atom stereocenters. The Morgan fingerprint density at radius 1 is 0.973 bits per heavy atom. The summed E-state index contributed by atoms with van der Waals surface area (Å²) in [4.78, 5) is 27.2. The Balaban J connectivity index is 1.43. The number of pyridine rings is 1. The average molecular weight is 521 g/mol. The molecule has 1 saturated heterocycles. The number of amides is 1. The molecule has 9 heteroatoms. The van der Waals surface area contributed by atoms with E-state index in [0.29, 0.717) is 30.9 Å². The van der Waals surface area contributed by atoms with E-state index in [9.17, 15) is 18.0 Å². The SMILES string of the molecule is CC(=O)Nc1ccc(S(=O)(=O)N2CC3CC(C2)c2ccc(-c4ccccc4CN(C)C)c(=O)n2C3)cc1. The number of hydrogen-bond donors (Lipinski definition) is 1. The van der Waals surface area contributed by atoms with Crippen molar-refractivity contribution in [3.05, 3.63) is 82.3 Å². The summed E-state index contributed by atoms with van der Waals surface area (Å²) >= 11 is 0. The Bertz CT molecular complexity index is 1500. The van der Waals surface area contributed by atoms with Gasteiger partial charge in [0.25, 0.3) is 5.56 Å². The third-order valence-electron chi connectivity index (χ3n) is 7.18. The maximum atomic E-state index is 13.7. The third kappa shape index (κ3) is 4.99. The molecule has 8 nitrogen and oxygen atoms in total. The highest BCUT2D eigenvalue weighted by Gasteiger charge is 2.39. The summed E-state index contributed by atoms with van der Waals surface area (Å²) < 4.78 is 30.3. The minimum absolute atomic E-state index is 0.0109. The molecule has 0 spiro atoms. The summed E-state index contributed by atoms with van der Waals surface area (Å²) in [5.41, 5.74) is 4.17. The standard InChI is InChI=1S/C28H32N4O4S/c1-19(33)29-23-8-10-24(11-9-23)37(35,36)31-15-20-14-22(18-31)27-13-12-26(28(34)32(27)16-20)25-7-5-4-6-21(25)17-30(2)3/h4-13,20,22H,14-18H2,1-3H3,(H,29,33). The summed E-state index contributed by atoms with van der Waals surface area (Å²) in [5.74, 6) is -0.193. The molecule has 1 fully saturated rings. The number of sulfonamides is 1. The first-order valence-electron chi connectivity index (χ1n) is 12.5. The van der Waals surface area contributed by atoms with E-state index in [4.69, 9.17) is 0 Å². The molecule has 5 rings (SSSR count). The minimum Gasteiger partial charge on any atom is -0.326 e. The molecule has 3 heterocycles. The van der Waals surface area contributed by atoms with Crippen LogP contribution in [-0.4, -0.2) is 55.3 Å². The number of hydrogen-bond acceptors (Lipinski definition) is 5. The maximum Gasteiger partial charge on any atom is 0.258 e. The van der Waals surface area contributed by atoms with Crippen molar-refractivity contribution in [2.75, 3.05) is 32.5 Å². The van der Waals surface area contributed by atoms with Gasteiger partial charge in [0.1, 0.15) is 0 Å². The van der Waals surface area contributed by atoms with Gasteiger partial charge in [0.15, 0.2) is 0 Å². The van der Waals surface area contributed by atoms with Crippen LogP contribution < -0.4 is 10.9 Å². The highest BCUT2D eigenvalue weighted by atomic mass is 32.2. The van der Waals surface area contributed by atoms with Crippen LogP contribution in [0, 0.1) is 5.92 Å². The summed E-state index contributed by atoms with van der Waals surface area (Å²) in [6, 6.07) is 18.2. The molecule has 1 amide bonds. The smallest absolute Gasteiger partial charge is 0.258 e. The van der Waals surface area contributed by atoms with E-state index in [0.717, 1.165) is 29.8 Å². The van der Waals surface area contributed by atoms with Crippen molar-refractivity contribution < 1.29 is 13.2 Å². The third-order valence-corrected chi connectivity index (χ3v) is 9.02. The highest BCUT2D eigenvalue weighted by molar-refractivity contribution is 7.89. The van der Waals surface area contributed by atoms with Crippen LogP contribution in [0.5, 0.6) is 0 Å². The molecule has 2 unspecified atom stereocenters. The number of carbonyl (C=O) groups excluding carboxylic acids is 1. The number of piperidine rings is 1. The van der Waals surface area contributed by atoms with E-state index in [1.165, 1.54) is 19.1 Å². The summed E-state index contributed by atoms with van der Waals surface area (Å²) in [7, 11) is 0.316. The molecule has 2 aliphatic rings. The summed E-state index contributed by atoms with van der Waals surface area (Å²) in [5, 5.41) is 2.66. The van der Waals surface area contributed by atoms with Crippen LogP contribution in [0.25, 0.3) is 11.1 Å². The number of rotatable bonds is 6. The van der Waals surface area contributed by atoms with Crippen molar-refractivity contribution in [1.82, 2.24) is 13.8 Å². The second kappa shape index (κ2) is 9.89. The predicted octanol–water partition coefficient (Wildman–Crippen LogP) is 3.34. The zero-order valence-electron chi connectivity index (χ0n) is 21.3. The topological polar surface area (TPSA) is 91.7 Å². The molecule has 1 N–H and O–H groups in total. The molecule has 0 saturated carbocycles. The molecule has 0 radical (unpaired) electrons. The second-order valence-corrected chi connectivity index (χ2v) is 12.2. The highest BCUT2D eigenvalue weighted by Crippen LogP contribution is 2.38. The van der Waals surface area contributed by atoms with Crippen molar-refractivity contribution >= 4 is 21.6 Å². The molecule has 37 heavy (non-hydrogen) atoms. The van der Waals surface area contributed by atoms with E-state index in [-0.39, 0.29) is 28.2 Å². The van der Waals surface area contributed by atoms with Gasteiger partial charge < -0.3 is 14.8 Å². The van der Waals surface area contributed by atoms with Crippen LogP contribution in [-0.2, 0) is 27.9 Å². The molecule has 0 aliphatic carbocycles. The fourth-order valence-electron chi connectivity index (χ4n) is 5.63. The van der Waals surface area contributed by atoms with E-state index in [2.05, 4.69) is 16.3 Å². The van der Waals surface area contributed by atoms with E-state index >= 15 is 0 Å². The number of nitrogens with one attached hydrogen (secondary N) is 1. The van der Waals surface area contributed by atoms with Gasteiger partial charge in [-0.15, -0.1) is 0 Å². The lowest BCUT2D eigenvalue weighted by Crippen LogP contribution is -2.49. The van der Waals surface area contributed by atoms with Crippen LogP contribution >= 0.6 is 0 Å². The molecular formula is C28H32N4O4S. The van der Waals surface area contributed by atoms with E-state index < -0.39 is 10.0 Å². The molecular weight excluding hydrogens is 488 g/mol. The number of nitrogens with zero attached hydrogens (tertiary/aromatic N) is 3. The second-order valence-electron chi connectivity index (χ2n) is 10.3. The lowest BCUT2D eigenvalue weighted by atomic mass is 9.83. The maximum absolute atomic E-state index is 13.7. The Morgan fingerprint density at radius 3 is 2.41 bits per heavy atom. The van der Waals surface area contributed by atoms with Crippen molar-refractivity contribution in [3.8, 4) is 11.1 Å². The van der Waals surface area contributed by atoms with Crippen molar-refractivity contribution in [2.45, 2.75) is 37.2 Å². The Labute approximate surface area is 217 Å². The predicted molar refractivity (Wildman–Crippen MR) is 144 cm³/mol. The number of anilines is 1. The van der Waals surface area contributed by atoms with Crippen molar-refractivity contribution in [1.29, 1.82) is 0 Å². The van der Waals surface area contributed by atoms with Gasteiger partial charge in [-0.25, -0.2) is 8.42 Å². The zero-order valence-corrected chi connectivity index (χ0v) is 22.2. The molecule has 3 aromatic rings. The lowest BCUT2D eigenvalue weighted by Gasteiger charge is -2.42. The fourth-order valence-corrected chi connectivity index (χ4v) is 7.19. The van der Waals surface area contributed by atoms with Gasteiger partial charge in [0.05, 0.1) is 4.90 Å². The molecule has 2 aliphatic heterocycles. The largest absolute Gasteiger partial charge is 0.326 e. The van der Waals surface area contributed by atoms with Crippen LogP contribution in [0.3, 0.4) is 0 Å². The first-order valence-corrected chi connectivity index (χ1v) is 13.9. The van der Waals surface area contributed by atoms with Gasteiger partial charge >= 0.3 is 0 Å². The molecule has 2 bridgehead atoms. The van der Waals surface area contributed by atoms with Gasteiger partial charge in [0, 0.05) is 56.0 Å². The Morgan fingerprint density at radius 2 is 1.70 bits per heavy atom. The molecule has 1 aromatic heterocycles. The zero-order chi connectivity index (χ0) is 26.3. The lowest BCUT2D eigenvalue weighted by molar-refractivity contribution is -0.114. The normalized spacial score (nSPS) is 19.5. The molecule has 194 valence electrons. The van der Waals surface area contributed by atoms with Crippen molar-refractivity contribution in [3.63, 3.8) is 0 Å². The molecule has 2 aromatic carbocycles. The van der Waals surface area contributed by atoms with Gasteiger partial charge in [-0.05, 0) is 74.0 Å². The number of fused-ring (bicyclic) bond motifs is 4. The fraction of sp³-hybridized carbons (Fsp3) is 0.357. The van der Waals surface area contributed by atoms with Gasteiger partial charge in [0.2, 0.25) is 15.9 Å².